The van der Waals surface area contributed by atoms with Crippen LogP contribution in [0.4, 0.5) is 0 Å². The predicted octanol–water partition coefficient (Wildman–Crippen LogP) is 8.82. The van der Waals surface area contributed by atoms with E-state index in [1.165, 1.54) is 53.2 Å². The Labute approximate surface area is 268 Å². The number of rotatable bonds is 3. The number of thiophene rings is 1. The molecule has 0 fully saturated rings. The number of nitrogens with zero attached hydrogens (tertiary/aromatic N) is 3. The van der Waals surface area contributed by atoms with E-state index in [0.29, 0.717) is 0 Å². The molecule has 1 aliphatic rings. The van der Waals surface area contributed by atoms with Gasteiger partial charge in [-0.2, -0.15) is 0 Å². The second kappa shape index (κ2) is 9.43. The zero-order valence-electron chi connectivity index (χ0n) is 25.1. The fourth-order valence-electron chi connectivity index (χ4n) is 7.56. The van der Waals surface area contributed by atoms with Crippen LogP contribution in [-0.4, -0.2) is 9.13 Å². The second-order valence-electron chi connectivity index (χ2n) is 12.2. The van der Waals surface area contributed by atoms with Crippen molar-refractivity contribution < 1.29 is 0 Å². The fourth-order valence-corrected chi connectivity index (χ4v) is 8.92. The van der Waals surface area contributed by atoms with Gasteiger partial charge < -0.3 is 9.88 Å². The lowest BCUT2D eigenvalue weighted by Gasteiger charge is -2.35. The van der Waals surface area contributed by atoms with Crippen LogP contribution >= 0.6 is 11.3 Å². The molecule has 1 unspecified atom stereocenters. The van der Waals surface area contributed by atoms with Gasteiger partial charge >= 0.3 is 0 Å². The van der Waals surface area contributed by atoms with Crippen molar-refractivity contribution in [1.82, 2.24) is 14.5 Å². The van der Waals surface area contributed by atoms with E-state index in [-0.39, 0.29) is 0 Å². The van der Waals surface area contributed by atoms with Crippen molar-refractivity contribution >= 4 is 70.0 Å². The first kappa shape index (κ1) is 25.7. The SMILES string of the molecule is CC1(n2c3ccccc3c3ccc4c(sc5c6ccccc6n(-c6ccccc6)c45)c32)N=c2ccccc2=C(c2ccccc2)N1. The summed E-state index contributed by atoms with van der Waals surface area (Å²) in [7, 11) is 0. The highest BCUT2D eigenvalue weighted by Crippen LogP contribution is 2.47. The van der Waals surface area contributed by atoms with Crippen LogP contribution in [0.5, 0.6) is 0 Å². The molecular weight excluding hydrogens is 581 g/mol. The summed E-state index contributed by atoms with van der Waals surface area (Å²) in [4.78, 5) is 5.49. The second-order valence-corrected chi connectivity index (χ2v) is 13.2. The van der Waals surface area contributed by atoms with Gasteiger partial charge in [0.2, 0.25) is 5.79 Å². The number of aromatic nitrogens is 2. The van der Waals surface area contributed by atoms with Gasteiger partial charge in [-0.1, -0.05) is 115 Å². The summed E-state index contributed by atoms with van der Waals surface area (Å²) in [5, 5.41) is 11.1. The molecule has 0 saturated carbocycles. The van der Waals surface area contributed by atoms with E-state index in [1.807, 2.05) is 11.3 Å². The van der Waals surface area contributed by atoms with Crippen LogP contribution in [-0.2, 0) is 5.79 Å². The average molecular weight is 609 g/mol. The number of nitrogens with one attached hydrogen (secondary N) is 1. The monoisotopic (exact) mass is 608 g/mol. The molecule has 1 atom stereocenters. The van der Waals surface area contributed by atoms with Gasteiger partial charge in [0.1, 0.15) is 0 Å². The lowest BCUT2D eigenvalue weighted by Crippen LogP contribution is -2.52. The van der Waals surface area contributed by atoms with E-state index in [1.54, 1.807) is 0 Å². The normalized spacial score (nSPS) is 16.3. The molecule has 0 radical (unpaired) electrons. The van der Waals surface area contributed by atoms with Crippen molar-refractivity contribution in [1.29, 1.82) is 0 Å². The summed E-state index contributed by atoms with van der Waals surface area (Å²) >= 11 is 1.89. The first-order chi connectivity index (χ1) is 22.7. The molecule has 0 amide bonds. The Kier molecular flexibility index (Phi) is 5.26. The summed E-state index contributed by atoms with van der Waals surface area (Å²) in [5.41, 5.74) is 8.25. The largest absolute Gasteiger partial charge is 0.343 e. The number of benzene rings is 6. The molecule has 9 aromatic rings. The van der Waals surface area contributed by atoms with Gasteiger partial charge in [-0.05, 0) is 42.8 Å². The van der Waals surface area contributed by atoms with E-state index < -0.39 is 5.79 Å². The minimum Gasteiger partial charge on any atom is -0.343 e. The lowest BCUT2D eigenvalue weighted by atomic mass is 10.1. The Morgan fingerprint density at radius 1 is 0.565 bits per heavy atom. The first-order valence-electron chi connectivity index (χ1n) is 15.7. The summed E-state index contributed by atoms with van der Waals surface area (Å²) < 4.78 is 7.46. The highest BCUT2D eigenvalue weighted by Gasteiger charge is 2.34. The fraction of sp³-hybridized carbons (Fsp3) is 0.0488. The van der Waals surface area contributed by atoms with Crippen LogP contribution in [0, 0.1) is 0 Å². The number of hydrogen-bond donors (Lipinski definition) is 1. The van der Waals surface area contributed by atoms with Crippen molar-refractivity contribution in [3.8, 4) is 5.69 Å². The Morgan fingerprint density at radius 2 is 1.20 bits per heavy atom. The highest BCUT2D eigenvalue weighted by atomic mass is 32.1. The molecular formula is C41H28N4S. The molecule has 1 aliphatic heterocycles. The maximum absolute atomic E-state index is 5.49. The van der Waals surface area contributed by atoms with E-state index in [9.17, 15) is 0 Å². The zero-order valence-corrected chi connectivity index (χ0v) is 25.9. The maximum Gasteiger partial charge on any atom is 0.209 e. The molecule has 0 spiro atoms. The molecule has 0 aliphatic carbocycles. The third kappa shape index (κ3) is 3.46. The average Bonchev–Trinajstić information content (AvgIpc) is 3.76. The van der Waals surface area contributed by atoms with Gasteiger partial charge in [-0.3, -0.25) is 4.57 Å². The Bertz CT molecular complexity index is 2790. The van der Waals surface area contributed by atoms with Crippen molar-refractivity contribution in [2.45, 2.75) is 12.7 Å². The van der Waals surface area contributed by atoms with Crippen molar-refractivity contribution in [3.05, 3.63) is 162 Å². The van der Waals surface area contributed by atoms with E-state index in [2.05, 4.69) is 167 Å². The molecule has 5 heteroatoms. The number of fused-ring (bicyclic) bond motifs is 10. The minimum absolute atomic E-state index is 0.791. The molecule has 10 rings (SSSR count). The topological polar surface area (TPSA) is 34.2 Å². The smallest absolute Gasteiger partial charge is 0.209 e. The Balaban J connectivity index is 1.35. The summed E-state index contributed by atoms with van der Waals surface area (Å²) in [5.74, 6) is -0.791. The summed E-state index contributed by atoms with van der Waals surface area (Å²) in [6.07, 6.45) is 0. The molecule has 1 N–H and O–H groups in total. The van der Waals surface area contributed by atoms with Crippen molar-refractivity contribution in [2.24, 2.45) is 4.99 Å². The van der Waals surface area contributed by atoms with Gasteiger partial charge in [0, 0.05) is 32.5 Å². The van der Waals surface area contributed by atoms with Gasteiger partial charge in [0.25, 0.3) is 0 Å². The van der Waals surface area contributed by atoms with Crippen molar-refractivity contribution in [3.63, 3.8) is 0 Å². The van der Waals surface area contributed by atoms with Crippen LogP contribution in [0.1, 0.15) is 12.5 Å². The van der Waals surface area contributed by atoms with Crippen LogP contribution in [0.15, 0.2) is 151 Å². The van der Waals surface area contributed by atoms with Gasteiger partial charge in [0.15, 0.2) is 0 Å². The predicted molar refractivity (Wildman–Crippen MR) is 192 cm³/mol. The highest BCUT2D eigenvalue weighted by molar-refractivity contribution is 7.27. The third-order valence-electron chi connectivity index (χ3n) is 9.46. The van der Waals surface area contributed by atoms with Gasteiger partial charge in [0.05, 0.1) is 42.5 Å². The Hall–Kier alpha value is -5.65. The van der Waals surface area contributed by atoms with Crippen LogP contribution in [0.2, 0.25) is 0 Å². The quantitative estimate of drug-likeness (QED) is 0.214. The zero-order chi connectivity index (χ0) is 30.4. The standard InChI is InChI=1S/C41H28N4S/c1-41(42-33-21-11-8-19-30(33)36(43-41)26-14-4-2-5-15-26)45-35-23-13-9-18-28(35)29-24-25-32-37-39(46-40(32)38(29)45)31-20-10-12-22-34(31)44(37)27-16-6-3-7-17-27/h2-25,43H,1H3. The molecule has 3 aromatic heterocycles. The minimum atomic E-state index is -0.791. The maximum atomic E-state index is 5.49. The summed E-state index contributed by atoms with van der Waals surface area (Å²) in [6.45, 7) is 2.21. The first-order valence-corrected chi connectivity index (χ1v) is 16.5. The molecule has 0 bridgehead atoms. The molecule has 4 heterocycles. The molecule has 0 saturated heterocycles. The summed E-state index contributed by atoms with van der Waals surface area (Å²) in [6, 6.07) is 52.0. The van der Waals surface area contributed by atoms with Crippen LogP contribution in [0.25, 0.3) is 64.4 Å². The Morgan fingerprint density at radius 3 is 2.02 bits per heavy atom. The van der Waals surface area contributed by atoms with Gasteiger partial charge in [-0.25, -0.2) is 4.99 Å². The van der Waals surface area contributed by atoms with E-state index in [4.69, 9.17) is 4.99 Å². The van der Waals surface area contributed by atoms with Crippen molar-refractivity contribution in [2.75, 3.05) is 0 Å². The molecule has 218 valence electrons. The van der Waals surface area contributed by atoms with Crippen LogP contribution < -0.4 is 15.9 Å². The number of para-hydroxylation sites is 4. The van der Waals surface area contributed by atoms with Crippen LogP contribution in [0.3, 0.4) is 0 Å². The van der Waals surface area contributed by atoms with Gasteiger partial charge in [-0.15, -0.1) is 11.3 Å². The lowest BCUT2D eigenvalue weighted by molar-refractivity contribution is 0.303. The molecule has 4 nitrogen and oxygen atoms in total. The third-order valence-corrected chi connectivity index (χ3v) is 10.7. The van der Waals surface area contributed by atoms with E-state index >= 15 is 0 Å². The van der Waals surface area contributed by atoms with E-state index in [0.717, 1.165) is 27.4 Å². The molecule has 46 heavy (non-hydrogen) atoms. The number of hydrogen-bond acceptors (Lipinski definition) is 3. The molecule has 6 aromatic carbocycles.